The van der Waals surface area contributed by atoms with Gasteiger partial charge in [0.1, 0.15) is 6.07 Å². The minimum Gasteiger partial charge on any atom is -0.493 e. The van der Waals surface area contributed by atoms with Gasteiger partial charge in [0.25, 0.3) is 0 Å². The first-order chi connectivity index (χ1) is 18.0. The highest BCUT2D eigenvalue weighted by molar-refractivity contribution is 5.81. The predicted octanol–water partition coefficient (Wildman–Crippen LogP) is 4.83. The molecule has 1 aromatic heterocycles. The fourth-order valence-electron chi connectivity index (χ4n) is 3.99. The second-order valence-corrected chi connectivity index (χ2v) is 9.05. The minimum absolute atomic E-state index is 0.0541. The molecule has 0 atom stereocenters. The molecule has 0 aliphatic carbocycles. The Morgan fingerprint density at radius 2 is 1.89 bits per heavy atom. The summed E-state index contributed by atoms with van der Waals surface area (Å²) >= 11 is 0. The summed E-state index contributed by atoms with van der Waals surface area (Å²) in [7, 11) is 1.55. The largest absolute Gasteiger partial charge is 0.493 e. The van der Waals surface area contributed by atoms with Crippen LogP contribution in [0.5, 0.6) is 11.5 Å². The van der Waals surface area contributed by atoms with E-state index in [2.05, 4.69) is 57.5 Å². The molecule has 1 aliphatic rings. The van der Waals surface area contributed by atoms with Crippen molar-refractivity contribution in [1.82, 2.24) is 15.0 Å². The molecule has 192 valence electrons. The summed E-state index contributed by atoms with van der Waals surface area (Å²) in [6, 6.07) is 13.4. The number of anilines is 4. The molecule has 1 saturated heterocycles. The highest BCUT2D eigenvalue weighted by Crippen LogP contribution is 2.28. The fraction of sp³-hybridized carbons (Fsp3) is 0.370. The normalized spacial score (nSPS) is 13.9. The van der Waals surface area contributed by atoms with Gasteiger partial charge in [-0.2, -0.15) is 25.3 Å². The van der Waals surface area contributed by atoms with Gasteiger partial charge in [-0.3, -0.25) is 0 Å². The van der Waals surface area contributed by atoms with Crippen LogP contribution >= 0.6 is 0 Å². The maximum absolute atomic E-state index is 8.74. The Morgan fingerprint density at radius 1 is 1.11 bits per heavy atom. The summed E-state index contributed by atoms with van der Waals surface area (Å²) in [5, 5.41) is 16.4. The molecule has 10 nitrogen and oxygen atoms in total. The smallest absolute Gasteiger partial charge is 0.250 e. The molecule has 0 radical (unpaired) electrons. The number of benzene rings is 2. The van der Waals surface area contributed by atoms with Gasteiger partial charge in [0.2, 0.25) is 17.8 Å². The van der Waals surface area contributed by atoms with Gasteiger partial charge in [-0.05, 0) is 73.6 Å². The van der Waals surface area contributed by atoms with E-state index in [-0.39, 0.29) is 6.61 Å². The van der Waals surface area contributed by atoms with E-state index in [0.29, 0.717) is 35.3 Å². The first-order valence-electron chi connectivity index (χ1n) is 12.3. The van der Waals surface area contributed by atoms with Crippen molar-refractivity contribution in [2.45, 2.75) is 33.6 Å². The molecule has 0 amide bonds. The quantitative estimate of drug-likeness (QED) is 0.314. The number of rotatable bonds is 9. The van der Waals surface area contributed by atoms with E-state index in [0.717, 1.165) is 42.7 Å². The van der Waals surface area contributed by atoms with Gasteiger partial charge in [0, 0.05) is 18.8 Å². The van der Waals surface area contributed by atoms with Crippen LogP contribution in [-0.2, 0) is 0 Å². The lowest BCUT2D eigenvalue weighted by molar-refractivity contribution is 0.329. The lowest BCUT2D eigenvalue weighted by Crippen LogP contribution is -2.34. The first kappa shape index (κ1) is 25.7. The highest BCUT2D eigenvalue weighted by Gasteiger charge is 2.20. The summed E-state index contributed by atoms with van der Waals surface area (Å²) in [5.74, 6) is 3.12. The lowest BCUT2D eigenvalue weighted by atomic mass is 10.00. The molecule has 2 N–H and O–H groups in total. The molecule has 0 unspecified atom stereocenters. The van der Waals surface area contributed by atoms with Gasteiger partial charge in [-0.25, -0.2) is 5.43 Å². The maximum Gasteiger partial charge on any atom is 0.250 e. The van der Waals surface area contributed by atoms with Crippen molar-refractivity contribution in [2.75, 3.05) is 42.4 Å². The highest BCUT2D eigenvalue weighted by atomic mass is 16.5. The van der Waals surface area contributed by atoms with Gasteiger partial charge in [-0.1, -0.05) is 19.1 Å². The van der Waals surface area contributed by atoms with E-state index >= 15 is 0 Å². The number of nitrogens with one attached hydrogen (secondary N) is 2. The van der Waals surface area contributed by atoms with Crippen LogP contribution in [0.25, 0.3) is 0 Å². The van der Waals surface area contributed by atoms with Gasteiger partial charge >= 0.3 is 0 Å². The average Bonchev–Trinajstić information content (AvgIpc) is 2.90. The Bertz CT molecular complexity index is 1300. The summed E-state index contributed by atoms with van der Waals surface area (Å²) in [6.07, 6.45) is 3.84. The SMILES string of the molecule is COc1cc(/C=N\Nc2nc(Nc3cccc(C)c3C)nc(N3CCC(C)CC3)n2)ccc1OCC#N. The van der Waals surface area contributed by atoms with Gasteiger partial charge in [0.05, 0.1) is 13.3 Å². The van der Waals surface area contributed by atoms with Crippen LogP contribution in [0.3, 0.4) is 0 Å². The molecular formula is C27H32N8O2. The molecule has 0 bridgehead atoms. The standard InChI is InChI=1S/C27H32N8O2/c1-18-10-13-35(14-11-18)27-32-25(30-22-7-5-6-19(2)20(22)3)31-26(33-27)34-29-17-21-8-9-23(37-15-12-28)24(16-21)36-4/h5-9,16-18H,10-11,13-15H2,1-4H3,(H2,30,31,32,33,34)/b29-17-. The van der Waals surface area contributed by atoms with Crippen molar-refractivity contribution in [1.29, 1.82) is 5.26 Å². The zero-order valence-electron chi connectivity index (χ0n) is 21.7. The number of aromatic nitrogens is 3. The second kappa shape index (κ2) is 12.0. The summed E-state index contributed by atoms with van der Waals surface area (Å²) in [5.41, 5.74) is 7.00. The number of hydrazone groups is 1. The molecule has 2 heterocycles. The number of nitrogens with zero attached hydrogens (tertiary/aromatic N) is 6. The Balaban J connectivity index is 1.56. The molecule has 1 aliphatic heterocycles. The Morgan fingerprint density at radius 3 is 2.65 bits per heavy atom. The van der Waals surface area contributed by atoms with Gasteiger partial charge < -0.3 is 19.7 Å². The zero-order chi connectivity index (χ0) is 26.2. The van der Waals surface area contributed by atoms with Crippen LogP contribution in [0.4, 0.5) is 23.5 Å². The zero-order valence-corrected chi connectivity index (χ0v) is 21.7. The summed E-state index contributed by atoms with van der Waals surface area (Å²) in [6.45, 7) is 8.17. The molecular weight excluding hydrogens is 468 g/mol. The van der Waals surface area contributed by atoms with E-state index in [1.807, 2.05) is 24.3 Å². The first-order valence-corrected chi connectivity index (χ1v) is 12.3. The number of nitriles is 1. The molecule has 2 aromatic carbocycles. The predicted molar refractivity (Wildman–Crippen MR) is 145 cm³/mol. The number of methoxy groups -OCH3 is 1. The number of aryl methyl sites for hydroxylation is 1. The number of ether oxygens (including phenoxy) is 2. The Labute approximate surface area is 217 Å². The summed E-state index contributed by atoms with van der Waals surface area (Å²) in [4.78, 5) is 16.1. The molecule has 0 saturated carbocycles. The van der Waals surface area contributed by atoms with Crippen LogP contribution in [-0.4, -0.2) is 48.0 Å². The van der Waals surface area contributed by atoms with Crippen LogP contribution in [0.2, 0.25) is 0 Å². The molecule has 37 heavy (non-hydrogen) atoms. The molecule has 4 rings (SSSR count). The Kier molecular flexibility index (Phi) is 8.36. The van der Waals surface area contributed by atoms with E-state index in [4.69, 9.17) is 19.7 Å². The monoisotopic (exact) mass is 500 g/mol. The molecule has 10 heteroatoms. The fourth-order valence-corrected chi connectivity index (χ4v) is 3.99. The lowest BCUT2D eigenvalue weighted by Gasteiger charge is -2.30. The maximum atomic E-state index is 8.74. The van der Waals surface area contributed by atoms with Crippen molar-refractivity contribution >= 4 is 29.7 Å². The van der Waals surface area contributed by atoms with Crippen LogP contribution in [0.1, 0.15) is 36.5 Å². The molecule has 0 spiro atoms. The van der Waals surface area contributed by atoms with Gasteiger partial charge in [-0.15, -0.1) is 0 Å². The van der Waals surface area contributed by atoms with Crippen LogP contribution < -0.4 is 25.1 Å². The van der Waals surface area contributed by atoms with E-state index in [9.17, 15) is 0 Å². The van der Waals surface area contributed by atoms with Crippen molar-refractivity contribution in [3.63, 3.8) is 0 Å². The minimum atomic E-state index is -0.0541. The van der Waals surface area contributed by atoms with Crippen LogP contribution in [0, 0.1) is 31.1 Å². The molecule has 1 fully saturated rings. The molecule has 3 aromatic rings. The number of hydrogen-bond acceptors (Lipinski definition) is 10. The van der Waals surface area contributed by atoms with Crippen molar-refractivity contribution in [3.05, 3.63) is 53.1 Å². The third-order valence-electron chi connectivity index (χ3n) is 6.40. The Hall–Kier alpha value is -4.39. The van der Waals surface area contributed by atoms with Crippen molar-refractivity contribution < 1.29 is 9.47 Å². The van der Waals surface area contributed by atoms with Crippen molar-refractivity contribution in [3.8, 4) is 17.6 Å². The van der Waals surface area contributed by atoms with E-state index in [1.54, 1.807) is 25.5 Å². The average molecular weight is 501 g/mol. The third-order valence-corrected chi connectivity index (χ3v) is 6.40. The topological polar surface area (TPSA) is 121 Å². The van der Waals surface area contributed by atoms with Gasteiger partial charge in [0.15, 0.2) is 18.1 Å². The third kappa shape index (κ3) is 6.64. The van der Waals surface area contributed by atoms with E-state index < -0.39 is 0 Å². The number of piperidine rings is 1. The second-order valence-electron chi connectivity index (χ2n) is 9.05. The van der Waals surface area contributed by atoms with Crippen molar-refractivity contribution in [2.24, 2.45) is 11.0 Å². The van der Waals surface area contributed by atoms with E-state index in [1.165, 1.54) is 5.56 Å². The summed E-state index contributed by atoms with van der Waals surface area (Å²) < 4.78 is 10.7. The number of hydrogen-bond donors (Lipinski definition) is 2. The van der Waals surface area contributed by atoms with Crippen LogP contribution in [0.15, 0.2) is 41.5 Å².